The SMILES string of the molecule is COC(=O)C(O)c1cc(Br)c(SC)c(S(C)(=O)=O)c1. The van der Waals surface area contributed by atoms with Crippen LogP contribution in [0, 0.1) is 0 Å². The van der Waals surface area contributed by atoms with Crippen molar-refractivity contribution >= 4 is 43.5 Å². The van der Waals surface area contributed by atoms with E-state index in [2.05, 4.69) is 20.7 Å². The summed E-state index contributed by atoms with van der Waals surface area (Å²) in [6.45, 7) is 0. The molecule has 0 spiro atoms. The molecular formula is C11H13BrO5S2. The van der Waals surface area contributed by atoms with Crippen LogP contribution in [0.3, 0.4) is 0 Å². The standard InChI is InChI=1S/C11H13BrO5S2/c1-17-11(14)9(13)6-4-7(12)10(18-2)8(5-6)19(3,15)16/h4-5,9,13H,1-3H3. The first-order valence-corrected chi connectivity index (χ1v) is 8.96. The van der Waals surface area contributed by atoms with Crippen molar-refractivity contribution in [3.8, 4) is 0 Å². The highest BCUT2D eigenvalue weighted by Crippen LogP contribution is 2.35. The lowest BCUT2D eigenvalue weighted by molar-refractivity contribution is -0.150. The van der Waals surface area contributed by atoms with E-state index in [-0.39, 0.29) is 10.5 Å². The molecule has 1 aromatic carbocycles. The van der Waals surface area contributed by atoms with Crippen LogP contribution in [0.15, 0.2) is 26.4 Å². The molecule has 5 nitrogen and oxygen atoms in total. The minimum absolute atomic E-state index is 0.0623. The van der Waals surface area contributed by atoms with E-state index >= 15 is 0 Å². The maximum absolute atomic E-state index is 11.7. The van der Waals surface area contributed by atoms with Gasteiger partial charge in [-0.25, -0.2) is 13.2 Å². The van der Waals surface area contributed by atoms with Gasteiger partial charge in [-0.3, -0.25) is 0 Å². The van der Waals surface area contributed by atoms with E-state index in [0.29, 0.717) is 9.37 Å². The highest BCUT2D eigenvalue weighted by Gasteiger charge is 2.23. The summed E-state index contributed by atoms with van der Waals surface area (Å²) < 4.78 is 28.4. The minimum Gasteiger partial charge on any atom is -0.467 e. The maximum Gasteiger partial charge on any atom is 0.339 e. The third-order valence-corrected chi connectivity index (χ3v) is 5.36. The normalized spacial score (nSPS) is 13.1. The van der Waals surface area contributed by atoms with E-state index < -0.39 is 21.9 Å². The first kappa shape index (κ1) is 16.5. The Labute approximate surface area is 124 Å². The van der Waals surface area contributed by atoms with Gasteiger partial charge in [-0.1, -0.05) is 0 Å². The van der Waals surface area contributed by atoms with Crippen LogP contribution in [0.4, 0.5) is 0 Å². The first-order valence-electron chi connectivity index (χ1n) is 5.05. The van der Waals surface area contributed by atoms with Gasteiger partial charge in [0.05, 0.1) is 12.0 Å². The Kier molecular flexibility index (Phi) is 5.43. The lowest BCUT2D eigenvalue weighted by Crippen LogP contribution is -2.14. The van der Waals surface area contributed by atoms with Gasteiger partial charge >= 0.3 is 5.97 Å². The van der Waals surface area contributed by atoms with Crippen LogP contribution < -0.4 is 0 Å². The Morgan fingerprint density at radius 2 is 2.05 bits per heavy atom. The van der Waals surface area contributed by atoms with Crippen LogP contribution in [0.2, 0.25) is 0 Å². The van der Waals surface area contributed by atoms with Gasteiger partial charge in [0.2, 0.25) is 0 Å². The minimum atomic E-state index is -3.47. The summed E-state index contributed by atoms with van der Waals surface area (Å²) in [5, 5.41) is 9.77. The number of benzene rings is 1. The average molecular weight is 369 g/mol. The average Bonchev–Trinajstić information content (AvgIpc) is 2.34. The largest absolute Gasteiger partial charge is 0.467 e. The molecule has 0 aromatic heterocycles. The van der Waals surface area contributed by atoms with Crippen LogP contribution in [0.25, 0.3) is 0 Å². The molecule has 0 aliphatic heterocycles. The van der Waals surface area contributed by atoms with E-state index in [1.165, 1.54) is 23.9 Å². The molecule has 1 unspecified atom stereocenters. The second-order valence-corrected chi connectivity index (χ2v) is 7.39. The molecule has 1 aromatic rings. The molecule has 0 saturated heterocycles. The van der Waals surface area contributed by atoms with Crippen molar-refractivity contribution in [2.45, 2.75) is 15.9 Å². The molecule has 0 aliphatic carbocycles. The zero-order valence-electron chi connectivity index (χ0n) is 10.5. The second kappa shape index (κ2) is 6.25. The molecule has 106 valence electrons. The summed E-state index contributed by atoms with van der Waals surface area (Å²) >= 11 is 4.50. The number of hydrogen-bond acceptors (Lipinski definition) is 6. The first-order chi connectivity index (χ1) is 8.72. The second-order valence-electron chi connectivity index (χ2n) is 3.73. The predicted molar refractivity (Wildman–Crippen MR) is 76.0 cm³/mol. The molecular weight excluding hydrogens is 356 g/mol. The Morgan fingerprint density at radius 1 is 1.47 bits per heavy atom. The fraction of sp³-hybridized carbons (Fsp3) is 0.364. The van der Waals surface area contributed by atoms with Crippen molar-refractivity contribution in [2.24, 2.45) is 0 Å². The quantitative estimate of drug-likeness (QED) is 0.644. The number of esters is 1. The molecule has 0 radical (unpaired) electrons. The fourth-order valence-corrected chi connectivity index (χ4v) is 4.58. The number of hydrogen-bond donors (Lipinski definition) is 1. The molecule has 0 fully saturated rings. The van der Waals surface area contributed by atoms with E-state index in [1.807, 2.05) is 0 Å². The van der Waals surface area contributed by atoms with Crippen molar-refractivity contribution in [1.29, 1.82) is 0 Å². The van der Waals surface area contributed by atoms with Gasteiger partial charge < -0.3 is 9.84 Å². The molecule has 1 N–H and O–H groups in total. The predicted octanol–water partition coefficient (Wildman–Crippen LogP) is 1.78. The number of ether oxygens (including phenoxy) is 1. The lowest BCUT2D eigenvalue weighted by Gasteiger charge is -2.14. The van der Waals surface area contributed by atoms with Crippen LogP contribution in [-0.4, -0.2) is 39.1 Å². The topological polar surface area (TPSA) is 80.7 Å². The van der Waals surface area contributed by atoms with Gasteiger partial charge in [0.1, 0.15) is 0 Å². The summed E-state index contributed by atoms with van der Waals surface area (Å²) in [6.07, 6.45) is 1.30. The summed E-state index contributed by atoms with van der Waals surface area (Å²) in [7, 11) is -2.32. The van der Waals surface area contributed by atoms with Crippen LogP contribution in [0.5, 0.6) is 0 Å². The number of carbonyl (C=O) groups is 1. The number of aliphatic hydroxyl groups is 1. The molecule has 1 atom stereocenters. The molecule has 0 heterocycles. The number of aliphatic hydroxyl groups excluding tert-OH is 1. The highest BCUT2D eigenvalue weighted by atomic mass is 79.9. The smallest absolute Gasteiger partial charge is 0.339 e. The number of sulfone groups is 1. The van der Waals surface area contributed by atoms with E-state index in [0.717, 1.165) is 13.4 Å². The van der Waals surface area contributed by atoms with Crippen molar-refractivity contribution in [2.75, 3.05) is 19.6 Å². The number of carbonyl (C=O) groups excluding carboxylic acids is 1. The van der Waals surface area contributed by atoms with Crippen LogP contribution in [-0.2, 0) is 19.4 Å². The lowest BCUT2D eigenvalue weighted by atomic mass is 10.1. The van der Waals surface area contributed by atoms with E-state index in [4.69, 9.17) is 0 Å². The number of methoxy groups -OCH3 is 1. The Balaban J connectivity index is 3.48. The van der Waals surface area contributed by atoms with E-state index in [9.17, 15) is 18.3 Å². The van der Waals surface area contributed by atoms with Crippen molar-refractivity contribution in [1.82, 2.24) is 0 Å². The molecule has 0 aliphatic rings. The summed E-state index contributed by atoms with van der Waals surface area (Å²) in [6, 6.07) is 2.79. The van der Waals surface area contributed by atoms with E-state index in [1.54, 1.807) is 6.26 Å². The molecule has 8 heteroatoms. The number of halogens is 1. The summed E-state index contributed by atoms with van der Waals surface area (Å²) in [4.78, 5) is 11.9. The van der Waals surface area contributed by atoms with Crippen molar-refractivity contribution in [3.05, 3.63) is 22.2 Å². The molecule has 1 rings (SSSR count). The van der Waals surface area contributed by atoms with Crippen LogP contribution in [0.1, 0.15) is 11.7 Å². The Bertz CT molecular complexity index is 597. The Hall–Kier alpha value is -0.570. The number of thioether (sulfide) groups is 1. The highest BCUT2D eigenvalue weighted by molar-refractivity contribution is 9.10. The van der Waals surface area contributed by atoms with Gasteiger partial charge in [-0.15, -0.1) is 11.8 Å². The van der Waals surface area contributed by atoms with Crippen molar-refractivity contribution in [3.63, 3.8) is 0 Å². The van der Waals surface area contributed by atoms with Gasteiger partial charge in [-0.2, -0.15) is 0 Å². The zero-order chi connectivity index (χ0) is 14.8. The molecule has 0 saturated carbocycles. The van der Waals surface area contributed by atoms with Gasteiger partial charge in [0.15, 0.2) is 15.9 Å². The summed E-state index contributed by atoms with van der Waals surface area (Å²) in [5.74, 6) is -0.844. The maximum atomic E-state index is 11.7. The number of rotatable bonds is 4. The third kappa shape index (κ3) is 3.71. The monoisotopic (exact) mass is 368 g/mol. The molecule has 0 bridgehead atoms. The third-order valence-electron chi connectivity index (χ3n) is 2.38. The molecule has 0 amide bonds. The fourth-order valence-electron chi connectivity index (χ4n) is 1.47. The van der Waals surface area contributed by atoms with Gasteiger partial charge in [-0.05, 0) is 39.9 Å². The summed E-state index contributed by atoms with van der Waals surface area (Å²) in [5.41, 5.74) is 0.164. The van der Waals surface area contributed by atoms with Crippen molar-refractivity contribution < 1.29 is 23.1 Å². The van der Waals surface area contributed by atoms with Gasteiger partial charge in [0, 0.05) is 15.6 Å². The molecule has 19 heavy (non-hydrogen) atoms. The van der Waals surface area contributed by atoms with Gasteiger partial charge in [0.25, 0.3) is 0 Å². The Morgan fingerprint density at radius 3 is 2.47 bits per heavy atom. The zero-order valence-corrected chi connectivity index (χ0v) is 13.7. The van der Waals surface area contributed by atoms with Crippen LogP contribution >= 0.6 is 27.7 Å².